The van der Waals surface area contributed by atoms with Crippen LogP contribution in [-0.4, -0.2) is 9.55 Å². The zero-order chi connectivity index (χ0) is 9.97. The second kappa shape index (κ2) is 3.66. The predicted octanol–water partition coefficient (Wildman–Crippen LogP) is 2.32. The summed E-state index contributed by atoms with van der Waals surface area (Å²) < 4.78 is 2.06. The van der Waals surface area contributed by atoms with Crippen molar-refractivity contribution in [2.24, 2.45) is 7.05 Å². The Labute approximate surface area is 84.2 Å². The molecule has 0 aliphatic rings. The number of benzene rings is 1. The van der Waals surface area contributed by atoms with Gasteiger partial charge in [-0.1, -0.05) is 24.3 Å². The van der Waals surface area contributed by atoms with E-state index in [0.29, 0.717) is 0 Å². The fraction of sp³-hybridized carbons (Fsp3) is 0.250. The van der Waals surface area contributed by atoms with Gasteiger partial charge < -0.3 is 4.57 Å². The third-order valence-electron chi connectivity index (χ3n) is 2.53. The molecular formula is C12H14N2. The first-order valence-electron chi connectivity index (χ1n) is 4.78. The van der Waals surface area contributed by atoms with E-state index in [1.165, 1.54) is 11.1 Å². The minimum absolute atomic E-state index is 0.913. The van der Waals surface area contributed by atoms with Crippen LogP contribution in [0.1, 0.15) is 17.0 Å². The van der Waals surface area contributed by atoms with Gasteiger partial charge in [0.2, 0.25) is 0 Å². The van der Waals surface area contributed by atoms with Crippen molar-refractivity contribution < 1.29 is 0 Å². The molecule has 0 saturated heterocycles. The molecule has 0 radical (unpaired) electrons. The van der Waals surface area contributed by atoms with E-state index >= 15 is 0 Å². The van der Waals surface area contributed by atoms with Crippen LogP contribution in [0.4, 0.5) is 0 Å². The maximum absolute atomic E-state index is 4.32. The molecule has 2 nitrogen and oxygen atoms in total. The Morgan fingerprint density at radius 3 is 2.71 bits per heavy atom. The summed E-state index contributed by atoms with van der Waals surface area (Å²) in [7, 11) is 2.03. The molecule has 2 aromatic rings. The first-order valence-corrected chi connectivity index (χ1v) is 4.78. The van der Waals surface area contributed by atoms with Gasteiger partial charge in [0, 0.05) is 25.9 Å². The Kier molecular flexibility index (Phi) is 2.35. The lowest BCUT2D eigenvalue weighted by atomic mass is 10.1. The summed E-state index contributed by atoms with van der Waals surface area (Å²) in [4.78, 5) is 4.32. The lowest BCUT2D eigenvalue weighted by Gasteiger charge is -2.05. The fourth-order valence-corrected chi connectivity index (χ4v) is 1.55. The van der Waals surface area contributed by atoms with Crippen LogP contribution < -0.4 is 0 Å². The quantitative estimate of drug-likeness (QED) is 0.703. The highest BCUT2D eigenvalue weighted by atomic mass is 15.0. The number of aryl methyl sites for hydroxylation is 2. The smallest absolute Gasteiger partial charge is 0.112 e. The van der Waals surface area contributed by atoms with Crippen molar-refractivity contribution in [2.45, 2.75) is 13.3 Å². The number of rotatable bonds is 2. The highest BCUT2D eigenvalue weighted by Crippen LogP contribution is 2.11. The maximum Gasteiger partial charge on any atom is 0.112 e. The van der Waals surface area contributed by atoms with E-state index in [4.69, 9.17) is 0 Å². The zero-order valence-corrected chi connectivity index (χ0v) is 8.57. The SMILES string of the molecule is Cc1ccccc1Cc1nccn1C. The van der Waals surface area contributed by atoms with Crippen molar-refractivity contribution in [3.8, 4) is 0 Å². The van der Waals surface area contributed by atoms with Crippen LogP contribution in [0.3, 0.4) is 0 Å². The molecular weight excluding hydrogens is 172 g/mol. The van der Waals surface area contributed by atoms with Crippen molar-refractivity contribution in [1.82, 2.24) is 9.55 Å². The largest absolute Gasteiger partial charge is 0.338 e. The van der Waals surface area contributed by atoms with E-state index in [-0.39, 0.29) is 0 Å². The zero-order valence-electron chi connectivity index (χ0n) is 8.57. The van der Waals surface area contributed by atoms with E-state index in [0.717, 1.165) is 12.2 Å². The van der Waals surface area contributed by atoms with Crippen molar-refractivity contribution >= 4 is 0 Å². The van der Waals surface area contributed by atoms with Gasteiger partial charge in [-0.3, -0.25) is 0 Å². The fourth-order valence-electron chi connectivity index (χ4n) is 1.55. The molecule has 0 fully saturated rings. The van der Waals surface area contributed by atoms with Crippen LogP contribution in [0.5, 0.6) is 0 Å². The minimum Gasteiger partial charge on any atom is -0.338 e. The van der Waals surface area contributed by atoms with Crippen molar-refractivity contribution in [1.29, 1.82) is 0 Å². The normalized spacial score (nSPS) is 10.4. The van der Waals surface area contributed by atoms with Gasteiger partial charge in [-0.15, -0.1) is 0 Å². The van der Waals surface area contributed by atoms with Gasteiger partial charge in [0.05, 0.1) is 0 Å². The van der Waals surface area contributed by atoms with E-state index < -0.39 is 0 Å². The van der Waals surface area contributed by atoms with Gasteiger partial charge in [-0.25, -0.2) is 4.98 Å². The molecule has 72 valence electrons. The third kappa shape index (κ3) is 1.69. The van der Waals surface area contributed by atoms with Gasteiger partial charge in [0.15, 0.2) is 0 Å². The van der Waals surface area contributed by atoms with Gasteiger partial charge in [0.25, 0.3) is 0 Å². The number of aromatic nitrogens is 2. The molecule has 0 saturated carbocycles. The summed E-state index contributed by atoms with van der Waals surface area (Å²) in [6.07, 6.45) is 4.73. The average molecular weight is 186 g/mol. The molecule has 2 heteroatoms. The Balaban J connectivity index is 2.28. The molecule has 1 aromatic carbocycles. The summed E-state index contributed by atoms with van der Waals surface area (Å²) in [6, 6.07) is 8.44. The van der Waals surface area contributed by atoms with E-state index in [1.54, 1.807) is 0 Å². The average Bonchev–Trinajstić information content (AvgIpc) is 2.56. The van der Waals surface area contributed by atoms with E-state index in [1.807, 2.05) is 19.4 Å². The number of imidazole rings is 1. The lowest BCUT2D eigenvalue weighted by Crippen LogP contribution is -1.99. The van der Waals surface area contributed by atoms with Crippen LogP contribution >= 0.6 is 0 Å². The highest BCUT2D eigenvalue weighted by Gasteiger charge is 2.02. The van der Waals surface area contributed by atoms with Gasteiger partial charge >= 0.3 is 0 Å². The second-order valence-electron chi connectivity index (χ2n) is 3.56. The van der Waals surface area contributed by atoms with E-state index in [2.05, 4.69) is 40.7 Å². The van der Waals surface area contributed by atoms with Crippen molar-refractivity contribution in [3.63, 3.8) is 0 Å². The molecule has 0 spiro atoms. The summed E-state index contributed by atoms with van der Waals surface area (Å²) in [5.41, 5.74) is 2.68. The number of hydrogen-bond donors (Lipinski definition) is 0. The maximum atomic E-state index is 4.32. The predicted molar refractivity (Wildman–Crippen MR) is 57.2 cm³/mol. The number of hydrogen-bond acceptors (Lipinski definition) is 1. The Hall–Kier alpha value is -1.57. The van der Waals surface area contributed by atoms with Crippen molar-refractivity contribution in [3.05, 3.63) is 53.6 Å². The topological polar surface area (TPSA) is 17.8 Å². The van der Waals surface area contributed by atoms with Crippen LogP contribution in [0, 0.1) is 6.92 Å². The lowest BCUT2D eigenvalue weighted by molar-refractivity contribution is 0.819. The summed E-state index contributed by atoms with van der Waals surface area (Å²) in [6.45, 7) is 2.14. The van der Waals surface area contributed by atoms with Crippen LogP contribution in [0.15, 0.2) is 36.7 Å². The summed E-state index contributed by atoms with van der Waals surface area (Å²) in [5, 5.41) is 0. The highest BCUT2D eigenvalue weighted by molar-refractivity contribution is 5.28. The van der Waals surface area contributed by atoms with Crippen molar-refractivity contribution in [2.75, 3.05) is 0 Å². The Bertz CT molecular complexity index is 429. The molecule has 0 atom stereocenters. The minimum atomic E-state index is 0.913. The first kappa shape index (κ1) is 9.00. The van der Waals surface area contributed by atoms with Gasteiger partial charge in [-0.2, -0.15) is 0 Å². The molecule has 1 heterocycles. The molecule has 0 aliphatic carbocycles. The molecule has 0 unspecified atom stereocenters. The van der Waals surface area contributed by atoms with E-state index in [9.17, 15) is 0 Å². The number of nitrogens with zero attached hydrogens (tertiary/aromatic N) is 2. The summed E-state index contributed by atoms with van der Waals surface area (Å²) >= 11 is 0. The molecule has 0 amide bonds. The molecule has 1 aromatic heterocycles. The summed E-state index contributed by atoms with van der Waals surface area (Å²) in [5.74, 6) is 1.11. The van der Waals surface area contributed by atoms with Crippen LogP contribution in [-0.2, 0) is 13.5 Å². The monoisotopic (exact) mass is 186 g/mol. The van der Waals surface area contributed by atoms with Gasteiger partial charge in [-0.05, 0) is 18.1 Å². The Morgan fingerprint density at radius 1 is 1.29 bits per heavy atom. The molecule has 0 aliphatic heterocycles. The first-order chi connectivity index (χ1) is 6.77. The van der Waals surface area contributed by atoms with Crippen LogP contribution in [0.2, 0.25) is 0 Å². The standard InChI is InChI=1S/C12H14N2/c1-10-5-3-4-6-11(10)9-12-13-7-8-14(12)2/h3-8H,9H2,1-2H3. The Morgan fingerprint density at radius 2 is 2.07 bits per heavy atom. The molecule has 0 N–H and O–H groups in total. The van der Waals surface area contributed by atoms with Gasteiger partial charge in [0.1, 0.15) is 5.82 Å². The molecule has 14 heavy (non-hydrogen) atoms. The third-order valence-corrected chi connectivity index (χ3v) is 2.53. The van der Waals surface area contributed by atoms with Crippen LogP contribution in [0.25, 0.3) is 0 Å². The second-order valence-corrected chi connectivity index (χ2v) is 3.56. The molecule has 0 bridgehead atoms. The molecule has 2 rings (SSSR count).